The van der Waals surface area contributed by atoms with Crippen molar-refractivity contribution in [2.75, 3.05) is 18.0 Å². The van der Waals surface area contributed by atoms with Crippen molar-refractivity contribution in [2.24, 2.45) is 5.92 Å². The fourth-order valence-electron chi connectivity index (χ4n) is 4.05. The van der Waals surface area contributed by atoms with E-state index >= 15 is 0 Å². The second-order valence-corrected chi connectivity index (χ2v) is 8.40. The van der Waals surface area contributed by atoms with Gasteiger partial charge in [0.05, 0.1) is 12.0 Å². The fraction of sp³-hybridized carbons (Fsp3) is 0.429. The average Bonchev–Trinajstić information content (AvgIpc) is 3.31. The van der Waals surface area contributed by atoms with Gasteiger partial charge >= 0.3 is 0 Å². The van der Waals surface area contributed by atoms with Crippen LogP contribution in [0, 0.1) is 12.8 Å². The van der Waals surface area contributed by atoms with E-state index in [0.29, 0.717) is 0 Å². The highest BCUT2D eigenvalue weighted by molar-refractivity contribution is 7.10. The van der Waals surface area contributed by atoms with Crippen LogP contribution in [0.1, 0.15) is 35.7 Å². The zero-order chi connectivity index (χ0) is 18.8. The van der Waals surface area contributed by atoms with Crippen LogP contribution < -0.4 is 15.5 Å². The number of thiophene rings is 1. The summed E-state index contributed by atoms with van der Waals surface area (Å²) in [5, 5.41) is 8.51. The molecule has 5 nitrogen and oxygen atoms in total. The van der Waals surface area contributed by atoms with Gasteiger partial charge in [0, 0.05) is 29.6 Å². The number of amides is 2. The van der Waals surface area contributed by atoms with Crippen LogP contribution in [0.3, 0.4) is 0 Å². The maximum Gasteiger partial charge on any atom is 0.228 e. The Morgan fingerprint density at radius 2 is 2.04 bits per heavy atom. The first kappa shape index (κ1) is 20.8. The molecule has 7 heteroatoms. The maximum atomic E-state index is 13.1. The number of hydrogen-bond donors (Lipinski definition) is 2. The van der Waals surface area contributed by atoms with Crippen molar-refractivity contribution < 1.29 is 9.59 Å². The molecule has 1 aromatic heterocycles. The summed E-state index contributed by atoms with van der Waals surface area (Å²) in [7, 11) is 0. The average molecular weight is 420 g/mol. The van der Waals surface area contributed by atoms with Gasteiger partial charge in [0.15, 0.2) is 0 Å². The first-order valence-corrected chi connectivity index (χ1v) is 10.4. The summed E-state index contributed by atoms with van der Waals surface area (Å²) >= 11 is 1.60. The van der Waals surface area contributed by atoms with E-state index in [0.717, 1.165) is 42.1 Å². The second-order valence-electron chi connectivity index (χ2n) is 7.42. The molecular formula is C21H26ClN3O2S. The highest BCUT2D eigenvalue weighted by Gasteiger charge is 2.46. The molecule has 2 aliphatic heterocycles. The highest BCUT2D eigenvalue weighted by Crippen LogP contribution is 2.43. The van der Waals surface area contributed by atoms with Gasteiger partial charge in [0.2, 0.25) is 11.8 Å². The molecule has 28 heavy (non-hydrogen) atoms. The van der Waals surface area contributed by atoms with Gasteiger partial charge < -0.3 is 15.5 Å². The van der Waals surface area contributed by atoms with Crippen LogP contribution in [-0.2, 0) is 9.59 Å². The lowest BCUT2D eigenvalue weighted by Gasteiger charge is -2.29. The lowest BCUT2D eigenvalue weighted by molar-refractivity contribution is -0.127. The number of aryl methyl sites for hydroxylation is 1. The molecule has 3 heterocycles. The van der Waals surface area contributed by atoms with E-state index in [-0.39, 0.29) is 48.6 Å². The van der Waals surface area contributed by atoms with Gasteiger partial charge in [-0.1, -0.05) is 23.8 Å². The second kappa shape index (κ2) is 9.07. The first-order valence-electron chi connectivity index (χ1n) is 9.56. The van der Waals surface area contributed by atoms with E-state index in [1.54, 1.807) is 11.3 Å². The highest BCUT2D eigenvalue weighted by atomic mass is 35.5. The molecule has 4 rings (SSSR count). The van der Waals surface area contributed by atoms with Gasteiger partial charge in [0.1, 0.15) is 0 Å². The smallest absolute Gasteiger partial charge is 0.228 e. The monoisotopic (exact) mass is 419 g/mol. The molecule has 2 fully saturated rings. The Morgan fingerprint density at radius 1 is 1.25 bits per heavy atom. The Bertz CT molecular complexity index is 804. The lowest BCUT2D eigenvalue weighted by atomic mass is 9.96. The van der Waals surface area contributed by atoms with E-state index in [2.05, 4.69) is 10.6 Å². The van der Waals surface area contributed by atoms with Crippen LogP contribution in [0.4, 0.5) is 5.69 Å². The Labute approximate surface area is 175 Å². The van der Waals surface area contributed by atoms with Gasteiger partial charge in [-0.25, -0.2) is 0 Å². The summed E-state index contributed by atoms with van der Waals surface area (Å²) in [6.07, 6.45) is 2.31. The number of nitrogens with zero attached hydrogens (tertiary/aromatic N) is 1. The number of benzene rings is 1. The third kappa shape index (κ3) is 4.24. The number of nitrogens with one attached hydrogen (secondary N) is 2. The van der Waals surface area contributed by atoms with Crippen LogP contribution in [0.5, 0.6) is 0 Å². The van der Waals surface area contributed by atoms with Crippen molar-refractivity contribution in [3.63, 3.8) is 0 Å². The zero-order valence-electron chi connectivity index (χ0n) is 15.9. The summed E-state index contributed by atoms with van der Waals surface area (Å²) in [4.78, 5) is 28.9. The Hall–Kier alpha value is -1.89. The SMILES string of the molecule is Cc1ccc(N2C(=O)CC(C(=O)N[C@H]3CCCNC3)C2c2cccs2)cc1.Cl. The minimum Gasteiger partial charge on any atom is -0.352 e. The summed E-state index contributed by atoms with van der Waals surface area (Å²) in [6.45, 7) is 3.84. The van der Waals surface area contributed by atoms with Crippen LogP contribution in [-0.4, -0.2) is 30.9 Å². The molecule has 150 valence electrons. The van der Waals surface area contributed by atoms with E-state index in [4.69, 9.17) is 0 Å². The number of rotatable bonds is 4. The van der Waals surface area contributed by atoms with Crippen molar-refractivity contribution in [3.05, 3.63) is 52.2 Å². The van der Waals surface area contributed by atoms with Crippen molar-refractivity contribution in [2.45, 2.75) is 38.3 Å². The third-order valence-corrected chi connectivity index (χ3v) is 6.39. The Balaban J connectivity index is 0.00000225. The molecule has 2 aliphatic rings. The summed E-state index contributed by atoms with van der Waals surface area (Å²) in [5.41, 5.74) is 2.01. The van der Waals surface area contributed by atoms with Gasteiger partial charge in [-0.2, -0.15) is 0 Å². The lowest BCUT2D eigenvalue weighted by Crippen LogP contribution is -2.48. The maximum absolute atomic E-state index is 13.1. The number of anilines is 1. The van der Waals surface area contributed by atoms with Crippen molar-refractivity contribution in [1.82, 2.24) is 10.6 Å². The standard InChI is InChI=1S/C21H25N3O2S.ClH/c1-14-6-8-16(9-7-14)24-19(25)12-17(20(24)18-5-3-11-27-18)21(26)23-15-4-2-10-22-13-15;/h3,5-9,11,15,17,20,22H,2,4,10,12-13H2,1H3,(H,23,26);1H/t15-,17?,20?;/m0./s1. The van der Waals surface area contributed by atoms with Crippen molar-refractivity contribution in [1.29, 1.82) is 0 Å². The minimum absolute atomic E-state index is 0. The largest absolute Gasteiger partial charge is 0.352 e. The first-order chi connectivity index (χ1) is 13.1. The van der Waals surface area contributed by atoms with Gasteiger partial charge in [-0.15, -0.1) is 23.7 Å². The molecule has 0 radical (unpaired) electrons. The van der Waals surface area contributed by atoms with E-state index in [1.807, 2.05) is 53.6 Å². The van der Waals surface area contributed by atoms with E-state index in [1.165, 1.54) is 0 Å². The molecule has 2 aromatic rings. The topological polar surface area (TPSA) is 61.4 Å². The fourth-order valence-corrected chi connectivity index (χ4v) is 4.93. The van der Waals surface area contributed by atoms with Crippen LogP contribution in [0.15, 0.2) is 41.8 Å². The van der Waals surface area contributed by atoms with Gasteiger partial charge in [0.25, 0.3) is 0 Å². The molecule has 2 N–H and O–H groups in total. The van der Waals surface area contributed by atoms with Crippen molar-refractivity contribution >= 4 is 41.2 Å². The van der Waals surface area contributed by atoms with Gasteiger partial charge in [-0.05, 0) is 49.9 Å². The van der Waals surface area contributed by atoms with E-state index in [9.17, 15) is 9.59 Å². The predicted octanol–water partition coefficient (Wildman–Crippen LogP) is 3.44. The summed E-state index contributed by atoms with van der Waals surface area (Å²) in [6, 6.07) is 11.9. The Kier molecular flexibility index (Phi) is 6.75. The number of piperidine rings is 1. The van der Waals surface area contributed by atoms with Crippen LogP contribution in [0.2, 0.25) is 0 Å². The molecule has 0 aliphatic carbocycles. The number of halogens is 1. The molecule has 2 amide bonds. The molecule has 0 saturated carbocycles. The normalized spacial score (nSPS) is 24.7. The summed E-state index contributed by atoms with van der Waals surface area (Å²) < 4.78 is 0. The number of hydrogen-bond acceptors (Lipinski definition) is 4. The van der Waals surface area contributed by atoms with Gasteiger partial charge in [-0.3, -0.25) is 9.59 Å². The minimum atomic E-state index is -0.362. The number of carbonyl (C=O) groups excluding carboxylic acids is 2. The van der Waals surface area contributed by atoms with Crippen LogP contribution in [0.25, 0.3) is 0 Å². The summed E-state index contributed by atoms with van der Waals surface area (Å²) in [5.74, 6) is -0.358. The van der Waals surface area contributed by atoms with Crippen LogP contribution >= 0.6 is 23.7 Å². The zero-order valence-corrected chi connectivity index (χ0v) is 17.5. The molecule has 3 atom stereocenters. The quantitative estimate of drug-likeness (QED) is 0.797. The third-order valence-electron chi connectivity index (χ3n) is 5.45. The number of carbonyl (C=O) groups is 2. The molecular weight excluding hydrogens is 394 g/mol. The molecule has 2 saturated heterocycles. The Morgan fingerprint density at radius 3 is 2.68 bits per heavy atom. The van der Waals surface area contributed by atoms with E-state index < -0.39 is 0 Å². The predicted molar refractivity (Wildman–Crippen MR) is 115 cm³/mol. The molecule has 2 unspecified atom stereocenters. The molecule has 1 aromatic carbocycles. The molecule has 0 bridgehead atoms. The molecule has 0 spiro atoms. The van der Waals surface area contributed by atoms with Crippen molar-refractivity contribution in [3.8, 4) is 0 Å².